The smallest absolute Gasteiger partial charge is 0.123 e. The Morgan fingerprint density at radius 1 is 1.26 bits per heavy atom. The van der Waals surface area contributed by atoms with E-state index in [0.717, 1.165) is 30.1 Å². The van der Waals surface area contributed by atoms with Gasteiger partial charge in [0.15, 0.2) is 0 Å². The molecule has 2 aliphatic rings. The van der Waals surface area contributed by atoms with Crippen LogP contribution in [0.3, 0.4) is 0 Å². The Morgan fingerprint density at radius 3 is 3.00 bits per heavy atom. The van der Waals surface area contributed by atoms with Gasteiger partial charge in [0.05, 0.1) is 12.2 Å². The van der Waals surface area contributed by atoms with Crippen LogP contribution in [0, 0.1) is 5.92 Å². The van der Waals surface area contributed by atoms with Crippen LogP contribution < -0.4 is 4.74 Å². The fraction of sp³-hybridized carbons (Fsp3) is 0.647. The fourth-order valence-corrected chi connectivity index (χ4v) is 3.61. The number of fused-ring (bicyclic) bond motifs is 1. The Balaban J connectivity index is 1.73. The van der Waals surface area contributed by atoms with Gasteiger partial charge in [-0.05, 0) is 49.7 Å². The molecule has 2 nitrogen and oxygen atoms in total. The molecule has 19 heavy (non-hydrogen) atoms. The van der Waals surface area contributed by atoms with Gasteiger partial charge in [-0.2, -0.15) is 0 Å². The molecule has 0 aromatic heterocycles. The van der Waals surface area contributed by atoms with Crippen LogP contribution in [0.4, 0.5) is 0 Å². The highest BCUT2D eigenvalue weighted by atomic mass is 16.5. The molecule has 1 fully saturated rings. The summed E-state index contributed by atoms with van der Waals surface area (Å²) in [6.45, 7) is 2.28. The van der Waals surface area contributed by atoms with E-state index < -0.39 is 0 Å². The van der Waals surface area contributed by atoms with Gasteiger partial charge in [-0.3, -0.25) is 0 Å². The van der Waals surface area contributed by atoms with Gasteiger partial charge < -0.3 is 9.84 Å². The van der Waals surface area contributed by atoms with Crippen molar-refractivity contribution in [2.45, 2.75) is 64.1 Å². The van der Waals surface area contributed by atoms with E-state index in [1.165, 1.54) is 37.7 Å². The second-order valence-corrected chi connectivity index (χ2v) is 6.06. The molecule has 2 heteroatoms. The van der Waals surface area contributed by atoms with E-state index in [2.05, 4.69) is 13.0 Å². The molecule has 3 unspecified atom stereocenters. The number of hydrogen-bond donors (Lipinski definition) is 1. The van der Waals surface area contributed by atoms with Gasteiger partial charge in [-0.25, -0.2) is 0 Å². The van der Waals surface area contributed by atoms with Gasteiger partial charge in [-0.1, -0.05) is 31.9 Å². The molecule has 0 bridgehead atoms. The second kappa shape index (κ2) is 5.54. The van der Waals surface area contributed by atoms with Crippen molar-refractivity contribution in [1.29, 1.82) is 0 Å². The summed E-state index contributed by atoms with van der Waals surface area (Å²) in [5, 5.41) is 9.94. The van der Waals surface area contributed by atoms with Crippen molar-refractivity contribution in [2.24, 2.45) is 5.92 Å². The zero-order chi connectivity index (χ0) is 13.2. The highest BCUT2D eigenvalue weighted by Crippen LogP contribution is 2.38. The molecule has 0 heterocycles. The summed E-state index contributed by atoms with van der Waals surface area (Å²) in [5.74, 6) is 1.86. The van der Waals surface area contributed by atoms with Gasteiger partial charge >= 0.3 is 0 Å². The molecular weight excluding hydrogens is 236 g/mol. The van der Waals surface area contributed by atoms with Gasteiger partial charge in [0.2, 0.25) is 0 Å². The minimum Gasteiger partial charge on any atom is -0.490 e. The van der Waals surface area contributed by atoms with Crippen molar-refractivity contribution < 1.29 is 9.84 Å². The maximum absolute atomic E-state index is 9.94. The van der Waals surface area contributed by atoms with E-state index >= 15 is 0 Å². The molecule has 2 aliphatic carbocycles. The summed E-state index contributed by atoms with van der Waals surface area (Å²) in [6, 6.07) is 6.13. The SMILES string of the molecule is CCC1CCCC(Oc2cccc3c2CCC3O)C1. The average molecular weight is 260 g/mol. The van der Waals surface area contributed by atoms with E-state index in [-0.39, 0.29) is 6.10 Å². The predicted molar refractivity (Wildman–Crippen MR) is 76.4 cm³/mol. The van der Waals surface area contributed by atoms with Gasteiger partial charge in [0, 0.05) is 5.56 Å². The normalized spacial score (nSPS) is 30.1. The number of rotatable bonds is 3. The Morgan fingerprint density at radius 2 is 2.16 bits per heavy atom. The minimum atomic E-state index is -0.284. The maximum atomic E-state index is 9.94. The van der Waals surface area contributed by atoms with Crippen LogP contribution in [0.25, 0.3) is 0 Å². The molecule has 1 aromatic carbocycles. The molecule has 0 amide bonds. The van der Waals surface area contributed by atoms with Gasteiger partial charge in [0.25, 0.3) is 0 Å². The third kappa shape index (κ3) is 2.64. The summed E-state index contributed by atoms with van der Waals surface area (Å²) in [6.07, 6.45) is 8.20. The first-order valence-corrected chi connectivity index (χ1v) is 7.74. The molecule has 1 saturated carbocycles. The number of benzene rings is 1. The number of hydrogen-bond acceptors (Lipinski definition) is 2. The molecule has 3 atom stereocenters. The first kappa shape index (κ1) is 13.0. The van der Waals surface area contributed by atoms with Crippen LogP contribution in [-0.2, 0) is 6.42 Å². The van der Waals surface area contributed by atoms with Crippen LogP contribution in [0.5, 0.6) is 5.75 Å². The van der Waals surface area contributed by atoms with E-state index in [1.807, 2.05) is 12.1 Å². The molecule has 1 N–H and O–H groups in total. The van der Waals surface area contributed by atoms with Crippen molar-refractivity contribution >= 4 is 0 Å². The lowest BCUT2D eigenvalue weighted by Gasteiger charge is -2.29. The third-order valence-electron chi connectivity index (χ3n) is 4.80. The minimum absolute atomic E-state index is 0.284. The Kier molecular flexibility index (Phi) is 3.79. The van der Waals surface area contributed by atoms with Crippen molar-refractivity contribution in [2.75, 3.05) is 0 Å². The van der Waals surface area contributed by atoms with Crippen LogP contribution >= 0.6 is 0 Å². The Bertz CT molecular complexity index is 441. The molecule has 104 valence electrons. The molecule has 1 aromatic rings. The lowest BCUT2D eigenvalue weighted by molar-refractivity contribution is 0.121. The van der Waals surface area contributed by atoms with E-state index in [9.17, 15) is 5.11 Å². The van der Waals surface area contributed by atoms with Crippen molar-refractivity contribution in [3.05, 3.63) is 29.3 Å². The van der Waals surface area contributed by atoms with Crippen molar-refractivity contribution in [1.82, 2.24) is 0 Å². The van der Waals surface area contributed by atoms with E-state index in [4.69, 9.17) is 4.74 Å². The van der Waals surface area contributed by atoms with Gasteiger partial charge in [0.1, 0.15) is 5.75 Å². The quantitative estimate of drug-likeness (QED) is 0.889. The largest absolute Gasteiger partial charge is 0.490 e. The second-order valence-electron chi connectivity index (χ2n) is 6.06. The van der Waals surface area contributed by atoms with E-state index in [1.54, 1.807) is 0 Å². The average Bonchev–Trinajstić information content (AvgIpc) is 2.82. The van der Waals surface area contributed by atoms with E-state index in [0.29, 0.717) is 6.10 Å². The summed E-state index contributed by atoms with van der Waals surface area (Å²) in [7, 11) is 0. The van der Waals surface area contributed by atoms with Crippen molar-refractivity contribution in [3.63, 3.8) is 0 Å². The summed E-state index contributed by atoms with van der Waals surface area (Å²) >= 11 is 0. The summed E-state index contributed by atoms with van der Waals surface area (Å²) in [4.78, 5) is 0. The molecule has 0 aliphatic heterocycles. The number of aliphatic hydroxyl groups is 1. The van der Waals surface area contributed by atoms with Crippen LogP contribution in [0.1, 0.15) is 62.7 Å². The molecule has 0 saturated heterocycles. The first-order valence-electron chi connectivity index (χ1n) is 7.74. The third-order valence-corrected chi connectivity index (χ3v) is 4.80. The Hall–Kier alpha value is -1.02. The molecule has 3 rings (SSSR count). The maximum Gasteiger partial charge on any atom is 0.123 e. The number of aliphatic hydroxyl groups excluding tert-OH is 1. The van der Waals surface area contributed by atoms with Crippen LogP contribution in [0.15, 0.2) is 18.2 Å². The highest BCUT2D eigenvalue weighted by Gasteiger charge is 2.26. The van der Waals surface area contributed by atoms with Crippen molar-refractivity contribution in [3.8, 4) is 5.75 Å². The standard InChI is InChI=1S/C17H24O2/c1-2-12-5-3-6-13(11-12)19-17-8-4-7-14-15(17)9-10-16(14)18/h4,7-8,12-13,16,18H,2-3,5-6,9-11H2,1H3. The van der Waals surface area contributed by atoms with Gasteiger partial charge in [-0.15, -0.1) is 0 Å². The summed E-state index contributed by atoms with van der Waals surface area (Å²) < 4.78 is 6.27. The molecule has 0 spiro atoms. The fourth-order valence-electron chi connectivity index (χ4n) is 3.61. The topological polar surface area (TPSA) is 29.5 Å². The lowest BCUT2D eigenvalue weighted by atomic mass is 9.85. The Labute approximate surface area is 115 Å². The first-order chi connectivity index (χ1) is 9.28. The predicted octanol–water partition coefficient (Wildman–Crippen LogP) is 4.01. The van der Waals surface area contributed by atoms with Crippen LogP contribution in [-0.4, -0.2) is 11.2 Å². The van der Waals surface area contributed by atoms with Crippen LogP contribution in [0.2, 0.25) is 0 Å². The monoisotopic (exact) mass is 260 g/mol. The lowest BCUT2D eigenvalue weighted by Crippen LogP contribution is -2.25. The number of ether oxygens (including phenoxy) is 1. The molecule has 0 radical (unpaired) electrons. The zero-order valence-corrected chi connectivity index (χ0v) is 11.8. The summed E-state index contributed by atoms with van der Waals surface area (Å²) in [5.41, 5.74) is 2.33. The zero-order valence-electron chi connectivity index (χ0n) is 11.8. The molecular formula is C17H24O2. The highest BCUT2D eigenvalue weighted by molar-refractivity contribution is 5.44.